The molecule has 1 heterocycles. The molecule has 7 heteroatoms. The number of alkyl carbamates (subject to hydrolysis) is 1. The van der Waals surface area contributed by atoms with E-state index in [9.17, 15) is 14.4 Å². The number of carbonyl (C=O) groups is 3. The first-order valence-corrected chi connectivity index (χ1v) is 6.94. The highest BCUT2D eigenvalue weighted by molar-refractivity contribution is 5.91. The Labute approximate surface area is 128 Å². The van der Waals surface area contributed by atoms with E-state index in [-0.39, 0.29) is 31.5 Å². The van der Waals surface area contributed by atoms with Crippen molar-refractivity contribution in [1.82, 2.24) is 15.5 Å². The SMILES string of the molecule is CC1(C)NC(=O)CN1C(=O)CNC(=O)OCc1ccccc1. The third kappa shape index (κ3) is 3.97. The molecular formula is C15H19N3O4. The molecule has 1 aromatic rings. The summed E-state index contributed by atoms with van der Waals surface area (Å²) < 4.78 is 5.01. The average molecular weight is 305 g/mol. The molecule has 2 rings (SSSR count). The number of nitrogens with one attached hydrogen (secondary N) is 2. The smallest absolute Gasteiger partial charge is 0.407 e. The Bertz CT molecular complexity index is 571. The van der Waals surface area contributed by atoms with E-state index in [2.05, 4.69) is 10.6 Å². The molecule has 0 aliphatic carbocycles. The van der Waals surface area contributed by atoms with Crippen molar-refractivity contribution in [1.29, 1.82) is 0 Å². The standard InChI is InChI=1S/C15H19N3O4/c1-15(2)17-12(19)9-18(15)13(20)8-16-14(21)22-10-11-6-4-3-5-7-11/h3-7H,8-10H2,1-2H3,(H,16,21)(H,17,19). The van der Waals surface area contributed by atoms with Gasteiger partial charge in [0.05, 0.1) is 0 Å². The number of benzene rings is 1. The Balaban J connectivity index is 1.76. The van der Waals surface area contributed by atoms with Crippen molar-refractivity contribution in [2.75, 3.05) is 13.1 Å². The van der Waals surface area contributed by atoms with Crippen LogP contribution >= 0.6 is 0 Å². The Morgan fingerprint density at radius 3 is 2.59 bits per heavy atom. The molecule has 7 nitrogen and oxygen atoms in total. The van der Waals surface area contributed by atoms with Gasteiger partial charge >= 0.3 is 6.09 Å². The van der Waals surface area contributed by atoms with Gasteiger partial charge in [-0.1, -0.05) is 30.3 Å². The van der Waals surface area contributed by atoms with Crippen LogP contribution in [0.25, 0.3) is 0 Å². The fraction of sp³-hybridized carbons (Fsp3) is 0.400. The summed E-state index contributed by atoms with van der Waals surface area (Å²) in [5.41, 5.74) is 0.114. The maximum Gasteiger partial charge on any atom is 0.407 e. The van der Waals surface area contributed by atoms with Gasteiger partial charge in [-0.15, -0.1) is 0 Å². The van der Waals surface area contributed by atoms with Crippen molar-refractivity contribution in [2.24, 2.45) is 0 Å². The molecule has 0 radical (unpaired) electrons. The van der Waals surface area contributed by atoms with Gasteiger partial charge < -0.3 is 20.3 Å². The maximum absolute atomic E-state index is 12.0. The second-order valence-corrected chi connectivity index (χ2v) is 5.50. The lowest BCUT2D eigenvalue weighted by atomic mass is 10.2. The van der Waals surface area contributed by atoms with Gasteiger partial charge in [-0.25, -0.2) is 4.79 Å². The van der Waals surface area contributed by atoms with Crippen molar-refractivity contribution >= 4 is 17.9 Å². The molecule has 0 bridgehead atoms. The summed E-state index contributed by atoms with van der Waals surface area (Å²) in [6, 6.07) is 9.24. The number of hydrogen-bond donors (Lipinski definition) is 2. The summed E-state index contributed by atoms with van der Waals surface area (Å²) in [5.74, 6) is -0.565. The van der Waals surface area contributed by atoms with E-state index in [4.69, 9.17) is 4.74 Å². The predicted octanol–water partition coefficient (Wildman–Crippen LogP) is 0.607. The average Bonchev–Trinajstić information content (AvgIpc) is 2.76. The zero-order chi connectivity index (χ0) is 16.2. The van der Waals surface area contributed by atoms with E-state index in [0.29, 0.717) is 0 Å². The zero-order valence-electron chi connectivity index (χ0n) is 12.6. The first kappa shape index (κ1) is 15.8. The quantitative estimate of drug-likeness (QED) is 0.853. The van der Waals surface area contributed by atoms with E-state index in [1.807, 2.05) is 30.3 Å². The number of carbonyl (C=O) groups excluding carboxylic acids is 3. The summed E-state index contributed by atoms with van der Waals surface area (Å²) in [6.45, 7) is 3.36. The molecule has 1 saturated heterocycles. The van der Waals surface area contributed by atoms with E-state index in [0.717, 1.165) is 5.56 Å². The van der Waals surface area contributed by atoms with Gasteiger partial charge in [0.2, 0.25) is 11.8 Å². The van der Waals surface area contributed by atoms with Gasteiger partial charge in [0.15, 0.2) is 0 Å². The Morgan fingerprint density at radius 2 is 2.00 bits per heavy atom. The van der Waals surface area contributed by atoms with Crippen LogP contribution < -0.4 is 10.6 Å². The normalized spacial score (nSPS) is 16.1. The largest absolute Gasteiger partial charge is 0.445 e. The first-order chi connectivity index (χ1) is 10.4. The Hall–Kier alpha value is -2.57. The Kier molecular flexibility index (Phi) is 4.65. The number of amides is 3. The van der Waals surface area contributed by atoms with Gasteiger partial charge in [-0.05, 0) is 19.4 Å². The maximum atomic E-state index is 12.0. The van der Waals surface area contributed by atoms with Crippen LogP contribution in [-0.4, -0.2) is 41.6 Å². The number of ether oxygens (including phenoxy) is 1. The van der Waals surface area contributed by atoms with Gasteiger partial charge in [0.1, 0.15) is 25.4 Å². The van der Waals surface area contributed by atoms with E-state index in [1.54, 1.807) is 13.8 Å². The second-order valence-electron chi connectivity index (χ2n) is 5.50. The molecule has 118 valence electrons. The minimum atomic E-state index is -0.746. The van der Waals surface area contributed by atoms with E-state index >= 15 is 0 Å². The fourth-order valence-electron chi connectivity index (χ4n) is 2.21. The van der Waals surface area contributed by atoms with Gasteiger partial charge in [-0.3, -0.25) is 9.59 Å². The fourth-order valence-corrected chi connectivity index (χ4v) is 2.21. The molecule has 1 aromatic carbocycles. The highest BCUT2D eigenvalue weighted by Crippen LogP contribution is 2.16. The highest BCUT2D eigenvalue weighted by Gasteiger charge is 2.39. The van der Waals surface area contributed by atoms with Gasteiger partial charge in [0.25, 0.3) is 0 Å². The molecule has 1 aliphatic rings. The zero-order valence-corrected chi connectivity index (χ0v) is 12.6. The number of hydrogen-bond acceptors (Lipinski definition) is 4. The molecule has 0 atom stereocenters. The molecule has 0 saturated carbocycles. The van der Waals surface area contributed by atoms with E-state index < -0.39 is 11.8 Å². The second kappa shape index (κ2) is 6.46. The molecule has 1 aliphatic heterocycles. The molecular weight excluding hydrogens is 286 g/mol. The topological polar surface area (TPSA) is 87.7 Å². The molecule has 22 heavy (non-hydrogen) atoms. The highest BCUT2D eigenvalue weighted by atomic mass is 16.5. The lowest BCUT2D eigenvalue weighted by Gasteiger charge is -2.30. The van der Waals surface area contributed by atoms with Crippen molar-refractivity contribution in [3.8, 4) is 0 Å². The van der Waals surface area contributed by atoms with Crippen LogP contribution in [0, 0.1) is 0 Å². The number of nitrogens with zero attached hydrogens (tertiary/aromatic N) is 1. The third-order valence-electron chi connectivity index (χ3n) is 3.32. The van der Waals surface area contributed by atoms with Crippen LogP contribution in [0.3, 0.4) is 0 Å². The minimum absolute atomic E-state index is 0.00736. The lowest BCUT2D eigenvalue weighted by Crippen LogP contribution is -2.51. The van der Waals surface area contributed by atoms with Crippen LogP contribution in [0.1, 0.15) is 19.4 Å². The summed E-state index contributed by atoms with van der Waals surface area (Å²) in [7, 11) is 0. The molecule has 2 N–H and O–H groups in total. The number of rotatable bonds is 4. The molecule has 0 aromatic heterocycles. The summed E-state index contributed by atoms with van der Waals surface area (Å²) in [5, 5.41) is 5.07. The van der Waals surface area contributed by atoms with Gasteiger partial charge in [-0.2, -0.15) is 0 Å². The van der Waals surface area contributed by atoms with Crippen molar-refractivity contribution in [2.45, 2.75) is 26.1 Å². The predicted molar refractivity (Wildman–Crippen MR) is 78.6 cm³/mol. The van der Waals surface area contributed by atoms with Gasteiger partial charge in [0, 0.05) is 0 Å². The third-order valence-corrected chi connectivity index (χ3v) is 3.32. The van der Waals surface area contributed by atoms with Crippen molar-refractivity contribution < 1.29 is 19.1 Å². The monoisotopic (exact) mass is 305 g/mol. The molecule has 1 fully saturated rings. The van der Waals surface area contributed by atoms with Crippen molar-refractivity contribution in [3.05, 3.63) is 35.9 Å². The minimum Gasteiger partial charge on any atom is -0.445 e. The van der Waals surface area contributed by atoms with Crippen LogP contribution in [0.15, 0.2) is 30.3 Å². The Morgan fingerprint density at radius 1 is 1.32 bits per heavy atom. The summed E-state index contributed by atoms with van der Waals surface area (Å²) in [6.07, 6.45) is -0.673. The molecule has 0 spiro atoms. The van der Waals surface area contributed by atoms with Crippen LogP contribution in [0.2, 0.25) is 0 Å². The van der Waals surface area contributed by atoms with E-state index in [1.165, 1.54) is 4.90 Å². The van der Waals surface area contributed by atoms with Crippen molar-refractivity contribution in [3.63, 3.8) is 0 Å². The lowest BCUT2D eigenvalue weighted by molar-refractivity contribution is -0.134. The van der Waals surface area contributed by atoms with Crippen LogP contribution in [-0.2, 0) is 20.9 Å². The summed E-state index contributed by atoms with van der Waals surface area (Å²) >= 11 is 0. The molecule has 0 unspecified atom stereocenters. The summed E-state index contributed by atoms with van der Waals surface area (Å²) in [4.78, 5) is 36.4. The van der Waals surface area contributed by atoms with Crippen LogP contribution in [0.5, 0.6) is 0 Å². The van der Waals surface area contributed by atoms with Crippen LogP contribution in [0.4, 0.5) is 4.79 Å². The first-order valence-electron chi connectivity index (χ1n) is 6.94. The molecule has 3 amide bonds.